The highest BCUT2D eigenvalue weighted by Gasteiger charge is 2.29. The molecule has 17 heavy (non-hydrogen) atoms. The van der Waals surface area contributed by atoms with Gasteiger partial charge in [-0.2, -0.15) is 0 Å². The van der Waals surface area contributed by atoms with E-state index in [1.165, 1.54) is 0 Å². The summed E-state index contributed by atoms with van der Waals surface area (Å²) >= 11 is 9.34. The Bertz CT molecular complexity index is 489. The van der Waals surface area contributed by atoms with Gasteiger partial charge < -0.3 is 0 Å². The second kappa shape index (κ2) is 5.26. The van der Waals surface area contributed by atoms with E-state index in [2.05, 4.69) is 20.7 Å². The molecule has 2 atom stereocenters. The van der Waals surface area contributed by atoms with E-state index in [1.54, 1.807) is 24.3 Å². The first-order valence-electron chi connectivity index (χ1n) is 5.41. The van der Waals surface area contributed by atoms with Crippen LogP contribution in [0.3, 0.4) is 0 Å². The number of nitrogens with one attached hydrogen (secondary N) is 1. The number of benzene rings is 1. The molecule has 0 radical (unpaired) electrons. The van der Waals surface area contributed by atoms with Crippen LogP contribution in [0.5, 0.6) is 0 Å². The molecule has 0 amide bonds. The monoisotopic (exact) mass is 337 g/mol. The van der Waals surface area contributed by atoms with Crippen LogP contribution in [0, 0.1) is 0 Å². The fourth-order valence-corrected chi connectivity index (χ4v) is 3.92. The fourth-order valence-electron chi connectivity index (χ4n) is 1.93. The van der Waals surface area contributed by atoms with Crippen LogP contribution in [0.15, 0.2) is 33.6 Å². The summed E-state index contributed by atoms with van der Waals surface area (Å²) in [6, 6.07) is 6.42. The van der Waals surface area contributed by atoms with E-state index in [9.17, 15) is 8.42 Å². The van der Waals surface area contributed by atoms with Gasteiger partial charge in [-0.25, -0.2) is 13.1 Å². The molecule has 2 rings (SSSR count). The van der Waals surface area contributed by atoms with Crippen LogP contribution in [-0.2, 0) is 10.0 Å². The van der Waals surface area contributed by atoms with E-state index in [0.29, 0.717) is 0 Å². The minimum atomic E-state index is -3.45. The van der Waals surface area contributed by atoms with Gasteiger partial charge in [0, 0.05) is 15.9 Å². The second-order valence-electron chi connectivity index (χ2n) is 4.13. The molecule has 0 heterocycles. The standard InChI is InChI=1S/C11H13BrClNO2S/c12-8-4-6-9(7-5-8)17(15,16)14-11-3-1-2-10(11)13/h4-7,10-11,14H,1-3H2. The fraction of sp³-hybridized carbons (Fsp3) is 0.455. The molecular formula is C11H13BrClNO2S. The molecule has 0 spiro atoms. The number of hydrogen-bond donors (Lipinski definition) is 1. The Morgan fingerprint density at radius 3 is 2.41 bits per heavy atom. The third-order valence-electron chi connectivity index (χ3n) is 2.86. The van der Waals surface area contributed by atoms with Gasteiger partial charge in [-0.15, -0.1) is 11.6 Å². The summed E-state index contributed by atoms with van der Waals surface area (Å²) in [7, 11) is -3.45. The molecule has 1 aliphatic rings. The number of halogens is 2. The average Bonchev–Trinajstić information content (AvgIpc) is 2.64. The highest BCUT2D eigenvalue weighted by molar-refractivity contribution is 9.10. The lowest BCUT2D eigenvalue weighted by Crippen LogP contribution is -2.37. The summed E-state index contributed by atoms with van der Waals surface area (Å²) < 4.78 is 27.6. The Morgan fingerprint density at radius 2 is 1.88 bits per heavy atom. The highest BCUT2D eigenvalue weighted by atomic mass is 79.9. The van der Waals surface area contributed by atoms with Crippen molar-refractivity contribution in [3.63, 3.8) is 0 Å². The van der Waals surface area contributed by atoms with E-state index >= 15 is 0 Å². The van der Waals surface area contributed by atoms with Gasteiger partial charge in [-0.05, 0) is 37.1 Å². The van der Waals surface area contributed by atoms with Crippen molar-refractivity contribution in [1.29, 1.82) is 0 Å². The number of rotatable bonds is 3. The van der Waals surface area contributed by atoms with Crippen molar-refractivity contribution in [2.75, 3.05) is 0 Å². The summed E-state index contributed by atoms with van der Waals surface area (Å²) in [6.45, 7) is 0. The first kappa shape index (κ1) is 13.3. The van der Waals surface area contributed by atoms with Crippen LogP contribution in [-0.4, -0.2) is 19.8 Å². The lowest BCUT2D eigenvalue weighted by atomic mass is 10.3. The van der Waals surface area contributed by atoms with Crippen LogP contribution in [0.2, 0.25) is 0 Å². The molecule has 1 aromatic rings. The van der Waals surface area contributed by atoms with Gasteiger partial charge in [-0.1, -0.05) is 22.4 Å². The maximum atomic E-state index is 12.1. The molecule has 6 heteroatoms. The molecule has 3 nitrogen and oxygen atoms in total. The van der Waals surface area contributed by atoms with E-state index in [4.69, 9.17) is 11.6 Å². The summed E-state index contributed by atoms with van der Waals surface area (Å²) in [4.78, 5) is 0.275. The molecule has 0 bridgehead atoms. The Labute approximate surface area is 115 Å². The van der Waals surface area contributed by atoms with Crippen molar-refractivity contribution >= 4 is 37.6 Å². The van der Waals surface area contributed by atoms with Gasteiger partial charge in [0.15, 0.2) is 0 Å². The lowest BCUT2D eigenvalue weighted by molar-refractivity contribution is 0.554. The summed E-state index contributed by atoms with van der Waals surface area (Å²) in [5.41, 5.74) is 0. The molecular weight excluding hydrogens is 326 g/mol. The number of alkyl halides is 1. The quantitative estimate of drug-likeness (QED) is 0.861. The van der Waals surface area contributed by atoms with Gasteiger partial charge in [-0.3, -0.25) is 0 Å². The minimum absolute atomic E-state index is 0.0970. The molecule has 1 aromatic carbocycles. The molecule has 1 fully saturated rings. The van der Waals surface area contributed by atoms with Crippen molar-refractivity contribution in [3.05, 3.63) is 28.7 Å². The largest absolute Gasteiger partial charge is 0.240 e. The van der Waals surface area contributed by atoms with Crippen LogP contribution in [0.25, 0.3) is 0 Å². The predicted octanol–water partition coefficient (Wildman–Crippen LogP) is 2.89. The second-order valence-corrected chi connectivity index (χ2v) is 7.32. The molecule has 0 aliphatic heterocycles. The molecule has 1 saturated carbocycles. The average molecular weight is 339 g/mol. The van der Waals surface area contributed by atoms with E-state index in [-0.39, 0.29) is 16.3 Å². The van der Waals surface area contributed by atoms with Gasteiger partial charge >= 0.3 is 0 Å². The van der Waals surface area contributed by atoms with Crippen LogP contribution >= 0.6 is 27.5 Å². The van der Waals surface area contributed by atoms with Crippen LogP contribution in [0.1, 0.15) is 19.3 Å². The predicted molar refractivity (Wildman–Crippen MR) is 71.7 cm³/mol. The molecule has 0 saturated heterocycles. The topological polar surface area (TPSA) is 46.2 Å². The number of sulfonamides is 1. The Kier molecular flexibility index (Phi) is 4.13. The van der Waals surface area contributed by atoms with E-state index in [0.717, 1.165) is 23.7 Å². The summed E-state index contributed by atoms with van der Waals surface area (Å²) in [5.74, 6) is 0. The van der Waals surface area contributed by atoms with Crippen molar-refractivity contribution in [2.24, 2.45) is 0 Å². The van der Waals surface area contributed by atoms with E-state index < -0.39 is 10.0 Å². The molecule has 94 valence electrons. The molecule has 2 unspecified atom stereocenters. The Hall–Kier alpha value is -0.100. The van der Waals surface area contributed by atoms with Crippen LogP contribution in [0.4, 0.5) is 0 Å². The first-order valence-corrected chi connectivity index (χ1v) is 8.12. The lowest BCUT2D eigenvalue weighted by Gasteiger charge is -2.15. The third-order valence-corrected chi connectivity index (χ3v) is 5.42. The first-order chi connectivity index (χ1) is 7.99. The minimum Gasteiger partial charge on any atom is -0.207 e. The highest BCUT2D eigenvalue weighted by Crippen LogP contribution is 2.25. The van der Waals surface area contributed by atoms with Crippen molar-refractivity contribution in [1.82, 2.24) is 4.72 Å². The van der Waals surface area contributed by atoms with Gasteiger partial charge in [0.25, 0.3) is 0 Å². The van der Waals surface area contributed by atoms with Crippen molar-refractivity contribution < 1.29 is 8.42 Å². The van der Waals surface area contributed by atoms with Gasteiger partial charge in [0.2, 0.25) is 10.0 Å². The summed E-state index contributed by atoms with van der Waals surface area (Å²) in [5, 5.41) is -0.0970. The maximum Gasteiger partial charge on any atom is 0.240 e. The number of hydrogen-bond acceptors (Lipinski definition) is 2. The van der Waals surface area contributed by atoms with Gasteiger partial charge in [0.1, 0.15) is 0 Å². The van der Waals surface area contributed by atoms with Crippen molar-refractivity contribution in [2.45, 2.75) is 35.6 Å². The zero-order valence-electron chi connectivity index (χ0n) is 9.07. The third kappa shape index (κ3) is 3.22. The smallest absolute Gasteiger partial charge is 0.207 e. The Morgan fingerprint density at radius 1 is 1.24 bits per heavy atom. The van der Waals surface area contributed by atoms with Crippen LogP contribution < -0.4 is 4.72 Å². The summed E-state index contributed by atoms with van der Waals surface area (Å²) in [6.07, 6.45) is 2.65. The molecule has 1 aliphatic carbocycles. The normalized spacial score (nSPS) is 25.1. The Balaban J connectivity index is 2.16. The van der Waals surface area contributed by atoms with E-state index in [1.807, 2.05) is 0 Å². The van der Waals surface area contributed by atoms with Crippen molar-refractivity contribution in [3.8, 4) is 0 Å². The SMILES string of the molecule is O=S(=O)(NC1CCCC1Cl)c1ccc(Br)cc1. The van der Waals surface area contributed by atoms with Gasteiger partial charge in [0.05, 0.1) is 4.90 Å². The molecule has 0 aromatic heterocycles. The zero-order chi connectivity index (χ0) is 12.5. The maximum absolute atomic E-state index is 12.1. The molecule has 1 N–H and O–H groups in total. The zero-order valence-corrected chi connectivity index (χ0v) is 12.2.